The molecule has 7 rings (SSSR count). The zero-order valence-corrected chi connectivity index (χ0v) is 25.3. The summed E-state index contributed by atoms with van der Waals surface area (Å²) in [6.07, 6.45) is 12.8. The van der Waals surface area contributed by atoms with Gasteiger partial charge in [0.25, 0.3) is 0 Å². The predicted octanol–water partition coefficient (Wildman–Crippen LogP) is 5.48. The Morgan fingerprint density at radius 2 is 1.80 bits per heavy atom. The van der Waals surface area contributed by atoms with Crippen LogP contribution in [0.3, 0.4) is 0 Å². The van der Waals surface area contributed by atoms with Gasteiger partial charge in [0, 0.05) is 62.2 Å². The molecule has 1 aromatic carbocycles. The van der Waals surface area contributed by atoms with Crippen LogP contribution in [0.1, 0.15) is 47.3 Å². The molecule has 0 amide bonds. The Balaban J connectivity index is 0.973. The summed E-state index contributed by atoms with van der Waals surface area (Å²) in [5, 5.41) is 9.06. The van der Waals surface area contributed by atoms with Gasteiger partial charge in [0.1, 0.15) is 0 Å². The van der Waals surface area contributed by atoms with Gasteiger partial charge in [-0.3, -0.25) is 14.8 Å². The molecule has 44 heavy (non-hydrogen) atoms. The number of thiazole rings is 1. The Morgan fingerprint density at radius 1 is 0.977 bits per heavy atom. The topological polar surface area (TPSA) is 117 Å². The predicted molar refractivity (Wildman–Crippen MR) is 172 cm³/mol. The number of anilines is 3. The number of aryl methyl sites for hydroxylation is 3. The van der Waals surface area contributed by atoms with Crippen LogP contribution in [0.5, 0.6) is 0 Å². The minimum atomic E-state index is -1.01. The highest BCUT2D eigenvalue weighted by Gasteiger charge is 2.23. The summed E-state index contributed by atoms with van der Waals surface area (Å²) in [5.41, 5.74) is 7.60. The van der Waals surface area contributed by atoms with E-state index in [-0.39, 0.29) is 10.4 Å². The number of piperidine rings is 1. The van der Waals surface area contributed by atoms with Crippen molar-refractivity contribution < 1.29 is 9.90 Å². The maximum absolute atomic E-state index is 12.1. The lowest BCUT2D eigenvalue weighted by Gasteiger charge is -2.32. The van der Waals surface area contributed by atoms with E-state index in [4.69, 9.17) is 15.1 Å². The van der Waals surface area contributed by atoms with E-state index in [1.54, 1.807) is 4.57 Å². The van der Waals surface area contributed by atoms with Gasteiger partial charge in [-0.1, -0.05) is 11.3 Å². The van der Waals surface area contributed by atoms with Crippen LogP contribution >= 0.6 is 11.3 Å². The second-order valence-corrected chi connectivity index (χ2v) is 12.6. The Morgan fingerprint density at radius 3 is 2.55 bits per heavy atom. The van der Waals surface area contributed by atoms with Crippen LogP contribution in [-0.2, 0) is 19.9 Å². The van der Waals surface area contributed by atoms with E-state index in [0.717, 1.165) is 96.7 Å². The van der Waals surface area contributed by atoms with Gasteiger partial charge in [0.2, 0.25) is 5.95 Å². The number of rotatable bonds is 7. The number of aromatic carboxylic acids is 1. The molecule has 0 unspecified atom stereocenters. The molecule has 1 N–H and O–H groups in total. The van der Waals surface area contributed by atoms with Gasteiger partial charge in [-0.2, -0.15) is 0 Å². The zero-order valence-electron chi connectivity index (χ0n) is 24.5. The lowest BCUT2D eigenvalue weighted by atomic mass is 9.91. The summed E-state index contributed by atoms with van der Waals surface area (Å²) in [6.45, 7) is 2.65. The van der Waals surface area contributed by atoms with Crippen molar-refractivity contribution in [2.24, 2.45) is 13.0 Å². The van der Waals surface area contributed by atoms with Gasteiger partial charge in [0.05, 0.1) is 33.4 Å². The van der Waals surface area contributed by atoms with Gasteiger partial charge in [-0.25, -0.2) is 14.8 Å². The number of benzene rings is 1. The molecule has 0 radical (unpaired) electrons. The number of nitrogens with zero attached hydrogens (tertiary/aromatic N) is 7. The van der Waals surface area contributed by atoms with Gasteiger partial charge in [-0.15, -0.1) is 0 Å². The summed E-state index contributed by atoms with van der Waals surface area (Å²) in [6, 6.07) is 12.7. The maximum atomic E-state index is 12.1. The first-order chi connectivity index (χ1) is 21.4. The van der Waals surface area contributed by atoms with Crippen LogP contribution in [-0.4, -0.2) is 55.2 Å². The summed E-state index contributed by atoms with van der Waals surface area (Å²) in [4.78, 5) is 45.8. The summed E-state index contributed by atoms with van der Waals surface area (Å²) in [5.74, 6) is 0.200. The second-order valence-electron chi connectivity index (χ2n) is 11.6. The monoisotopic (exact) mass is 607 g/mol. The molecule has 11 heteroatoms. The number of hydrogen-bond acceptors (Lipinski definition) is 9. The molecule has 0 bridgehead atoms. The fourth-order valence-electron chi connectivity index (χ4n) is 6.28. The number of aromatic nitrogens is 5. The molecule has 2 aliphatic rings. The van der Waals surface area contributed by atoms with E-state index in [1.165, 1.54) is 29.3 Å². The summed E-state index contributed by atoms with van der Waals surface area (Å²) < 4.78 is 2.72. The SMILES string of the molecule is Cn1c(=O)sc2ccc(N3CCCc4cc(-c5ccc(CCC6CCN(c7ncc(C(=O)O)cn7)CC6)nc5)ncc43)cc21. The highest BCUT2D eigenvalue weighted by molar-refractivity contribution is 7.16. The Bertz CT molecular complexity index is 1880. The average molecular weight is 608 g/mol. The fourth-order valence-corrected chi connectivity index (χ4v) is 7.14. The number of pyridine rings is 2. The lowest BCUT2D eigenvalue weighted by Crippen LogP contribution is -2.35. The van der Waals surface area contributed by atoms with Crippen molar-refractivity contribution in [3.8, 4) is 11.3 Å². The maximum Gasteiger partial charge on any atom is 0.338 e. The van der Waals surface area contributed by atoms with Crippen LogP contribution in [0, 0.1) is 5.92 Å². The molecule has 0 saturated carbocycles. The average Bonchev–Trinajstić information content (AvgIpc) is 3.35. The zero-order chi connectivity index (χ0) is 30.2. The molecule has 1 fully saturated rings. The lowest BCUT2D eigenvalue weighted by molar-refractivity contribution is 0.0696. The number of carboxylic acid groups (broad SMARTS) is 1. The number of fused-ring (bicyclic) bond motifs is 2. The van der Waals surface area contributed by atoms with Crippen molar-refractivity contribution in [1.29, 1.82) is 0 Å². The molecular formula is C33H33N7O3S. The standard InChI is InChI=1S/C33H33N7O3S/c1-38-28-16-26(8-9-30(28)44-33(38)43)40-12-2-3-22-15-27(35-20-29(22)40)23-5-7-25(34-17-23)6-4-21-10-13-39(14-11-21)32-36-18-24(19-37-32)31(41)42/h5,7-9,15-21H,2-4,6,10-14H2,1H3,(H,41,42). The Labute approximate surface area is 258 Å². The summed E-state index contributed by atoms with van der Waals surface area (Å²) >= 11 is 1.28. The molecule has 0 atom stereocenters. The van der Waals surface area contributed by atoms with E-state index in [2.05, 4.69) is 50.1 Å². The van der Waals surface area contributed by atoms with Crippen molar-refractivity contribution in [3.63, 3.8) is 0 Å². The van der Waals surface area contributed by atoms with Crippen molar-refractivity contribution in [2.45, 2.75) is 38.5 Å². The fraction of sp³-hybridized carbons (Fsp3) is 0.333. The highest BCUT2D eigenvalue weighted by atomic mass is 32.1. The first kappa shape index (κ1) is 28.1. The smallest absolute Gasteiger partial charge is 0.338 e. The van der Waals surface area contributed by atoms with Crippen molar-refractivity contribution in [2.75, 3.05) is 29.4 Å². The second kappa shape index (κ2) is 11.8. The minimum absolute atomic E-state index is 0.0574. The third-order valence-corrected chi connectivity index (χ3v) is 9.90. The summed E-state index contributed by atoms with van der Waals surface area (Å²) in [7, 11) is 1.83. The van der Waals surface area contributed by atoms with E-state index in [0.29, 0.717) is 11.9 Å². The van der Waals surface area contributed by atoms with Crippen molar-refractivity contribution in [3.05, 3.63) is 87.7 Å². The first-order valence-corrected chi connectivity index (χ1v) is 15.9. The molecule has 1 saturated heterocycles. The van der Waals surface area contributed by atoms with E-state index >= 15 is 0 Å². The van der Waals surface area contributed by atoms with E-state index < -0.39 is 5.97 Å². The van der Waals surface area contributed by atoms with Crippen LogP contribution in [0.25, 0.3) is 21.5 Å². The van der Waals surface area contributed by atoms with Crippen molar-refractivity contribution in [1.82, 2.24) is 24.5 Å². The van der Waals surface area contributed by atoms with Gasteiger partial charge >= 0.3 is 10.8 Å². The molecule has 224 valence electrons. The molecule has 0 spiro atoms. The Hall–Kier alpha value is -4.64. The molecule has 5 aromatic rings. The number of hydrogen-bond donors (Lipinski definition) is 1. The van der Waals surface area contributed by atoms with Crippen LogP contribution in [0.2, 0.25) is 0 Å². The molecule has 4 aromatic heterocycles. The minimum Gasteiger partial charge on any atom is -0.478 e. The number of carboxylic acids is 1. The van der Waals surface area contributed by atoms with E-state index in [9.17, 15) is 9.59 Å². The molecule has 6 heterocycles. The normalized spacial score (nSPS) is 15.5. The number of carbonyl (C=O) groups is 1. The quantitative estimate of drug-likeness (QED) is 0.257. The largest absolute Gasteiger partial charge is 0.478 e. The molecule has 2 aliphatic heterocycles. The molecule has 0 aliphatic carbocycles. The highest BCUT2D eigenvalue weighted by Crippen LogP contribution is 2.36. The third-order valence-electron chi connectivity index (χ3n) is 8.88. The van der Waals surface area contributed by atoms with Crippen molar-refractivity contribution >= 4 is 44.8 Å². The van der Waals surface area contributed by atoms with Gasteiger partial charge in [-0.05, 0) is 86.4 Å². The van der Waals surface area contributed by atoms with Crippen LogP contribution in [0.15, 0.2) is 66.0 Å². The van der Waals surface area contributed by atoms with Gasteiger partial charge in [0.15, 0.2) is 0 Å². The first-order valence-electron chi connectivity index (χ1n) is 15.0. The van der Waals surface area contributed by atoms with E-state index in [1.807, 2.05) is 25.5 Å². The Kier molecular flexibility index (Phi) is 7.55. The van der Waals surface area contributed by atoms with Crippen LogP contribution in [0.4, 0.5) is 17.3 Å². The molecular weight excluding hydrogens is 574 g/mol. The van der Waals surface area contributed by atoms with Crippen LogP contribution < -0.4 is 14.7 Å². The van der Waals surface area contributed by atoms with Gasteiger partial charge < -0.3 is 19.5 Å². The molecule has 10 nitrogen and oxygen atoms in total. The third kappa shape index (κ3) is 5.55.